The van der Waals surface area contributed by atoms with Gasteiger partial charge in [0.1, 0.15) is 0 Å². The molecule has 1 aromatic heterocycles. The van der Waals surface area contributed by atoms with Crippen molar-refractivity contribution in [1.82, 2.24) is 20.1 Å². The molecule has 1 atom stereocenters. The number of hydrogen-bond donors (Lipinski definition) is 3. The molecule has 0 saturated heterocycles. The largest absolute Gasteiger partial charge is 0.478 e. The molecule has 1 heterocycles. The number of nitrogens with one attached hydrogen (secondary N) is 2. The van der Waals surface area contributed by atoms with Gasteiger partial charge in [0.2, 0.25) is 5.91 Å². The standard InChI is InChI=1S/C25H29N5O4S/c1-5-30-22(21(15(2)3)27-23(32)17-8-6-16(4)7-9-17)28-29-25(30)35-14-20(31)26-19-12-10-18(11-13-19)24(33)34/h6-13,15,21H,5,14H2,1-4H3,(H,26,31)(H,27,32)(H,33,34)/t21-/m1/s1. The maximum absolute atomic E-state index is 12.8. The number of rotatable bonds is 10. The van der Waals surface area contributed by atoms with Gasteiger partial charge in [0.05, 0.1) is 17.4 Å². The SMILES string of the molecule is CCn1c(SCC(=O)Nc2ccc(C(=O)O)cc2)nnc1[C@H](NC(=O)c1ccc(C)cc1)C(C)C. The second-order valence-corrected chi connectivity index (χ2v) is 9.31. The molecule has 3 N–H and O–H groups in total. The normalized spacial score (nSPS) is 11.8. The van der Waals surface area contributed by atoms with Crippen LogP contribution in [-0.2, 0) is 11.3 Å². The first-order valence-corrected chi connectivity index (χ1v) is 12.2. The van der Waals surface area contributed by atoms with E-state index >= 15 is 0 Å². The quantitative estimate of drug-likeness (QED) is 0.361. The topological polar surface area (TPSA) is 126 Å². The minimum Gasteiger partial charge on any atom is -0.478 e. The van der Waals surface area contributed by atoms with E-state index in [4.69, 9.17) is 5.11 Å². The van der Waals surface area contributed by atoms with Crippen LogP contribution in [-0.4, -0.2) is 43.4 Å². The third-order valence-corrected chi connectivity index (χ3v) is 6.32. The molecule has 0 aliphatic rings. The number of nitrogens with zero attached hydrogens (tertiary/aromatic N) is 3. The van der Waals surface area contributed by atoms with Crippen molar-refractivity contribution in [2.24, 2.45) is 5.92 Å². The Morgan fingerprint density at radius 2 is 1.63 bits per heavy atom. The summed E-state index contributed by atoms with van der Waals surface area (Å²) < 4.78 is 1.90. The van der Waals surface area contributed by atoms with E-state index in [1.165, 1.54) is 23.9 Å². The fourth-order valence-electron chi connectivity index (χ4n) is 3.42. The molecule has 2 amide bonds. The lowest BCUT2D eigenvalue weighted by Crippen LogP contribution is -2.33. The van der Waals surface area contributed by atoms with Crippen molar-refractivity contribution in [3.63, 3.8) is 0 Å². The third kappa shape index (κ3) is 6.69. The number of carbonyl (C=O) groups is 3. The minimum atomic E-state index is -1.03. The lowest BCUT2D eigenvalue weighted by Gasteiger charge is -2.22. The highest BCUT2D eigenvalue weighted by atomic mass is 32.2. The second kappa shape index (κ2) is 11.7. The first-order valence-electron chi connectivity index (χ1n) is 11.3. The van der Waals surface area contributed by atoms with E-state index in [-0.39, 0.29) is 35.1 Å². The van der Waals surface area contributed by atoms with Crippen LogP contribution in [0.15, 0.2) is 53.7 Å². The molecule has 0 fully saturated rings. The molecule has 0 aliphatic heterocycles. The molecule has 0 spiro atoms. The van der Waals surface area contributed by atoms with Crippen LogP contribution < -0.4 is 10.6 Å². The molecule has 35 heavy (non-hydrogen) atoms. The van der Waals surface area contributed by atoms with Gasteiger partial charge in [0, 0.05) is 17.8 Å². The first kappa shape index (κ1) is 26.0. The van der Waals surface area contributed by atoms with E-state index < -0.39 is 5.97 Å². The van der Waals surface area contributed by atoms with Crippen LogP contribution in [0.4, 0.5) is 5.69 Å². The predicted octanol–water partition coefficient (Wildman–Crippen LogP) is 4.16. The lowest BCUT2D eigenvalue weighted by atomic mass is 10.0. The Bertz CT molecular complexity index is 1190. The number of aromatic carboxylic acids is 1. The zero-order valence-corrected chi connectivity index (χ0v) is 20.9. The smallest absolute Gasteiger partial charge is 0.335 e. The number of carboxylic acids is 1. The van der Waals surface area contributed by atoms with E-state index in [1.807, 2.05) is 44.4 Å². The first-order chi connectivity index (χ1) is 16.7. The summed E-state index contributed by atoms with van der Waals surface area (Å²) in [7, 11) is 0. The number of carbonyl (C=O) groups excluding carboxylic acids is 2. The van der Waals surface area contributed by atoms with E-state index in [2.05, 4.69) is 20.8 Å². The van der Waals surface area contributed by atoms with Crippen molar-refractivity contribution in [2.75, 3.05) is 11.1 Å². The van der Waals surface area contributed by atoms with E-state index in [0.717, 1.165) is 5.56 Å². The Morgan fingerprint density at radius 3 is 2.20 bits per heavy atom. The van der Waals surface area contributed by atoms with Gasteiger partial charge in [-0.25, -0.2) is 4.79 Å². The Hall–Kier alpha value is -3.66. The van der Waals surface area contributed by atoms with Gasteiger partial charge in [-0.15, -0.1) is 10.2 Å². The van der Waals surface area contributed by atoms with Crippen molar-refractivity contribution >= 4 is 35.2 Å². The lowest BCUT2D eigenvalue weighted by molar-refractivity contribution is -0.113. The summed E-state index contributed by atoms with van der Waals surface area (Å²) in [4.78, 5) is 36.2. The van der Waals surface area contributed by atoms with Gasteiger partial charge in [-0.1, -0.05) is 43.3 Å². The summed E-state index contributed by atoms with van der Waals surface area (Å²) in [5.41, 5.74) is 2.31. The van der Waals surface area contributed by atoms with Gasteiger partial charge in [0.25, 0.3) is 5.91 Å². The molecule has 2 aromatic carbocycles. The van der Waals surface area contributed by atoms with Crippen molar-refractivity contribution in [3.05, 3.63) is 71.0 Å². The molecule has 0 saturated carbocycles. The van der Waals surface area contributed by atoms with Crippen LogP contribution in [0.5, 0.6) is 0 Å². The van der Waals surface area contributed by atoms with Gasteiger partial charge in [-0.3, -0.25) is 9.59 Å². The van der Waals surface area contributed by atoms with Crippen LogP contribution in [0.2, 0.25) is 0 Å². The summed E-state index contributed by atoms with van der Waals surface area (Å²) in [6.45, 7) is 8.51. The molecular formula is C25H29N5O4S. The fraction of sp³-hybridized carbons (Fsp3) is 0.320. The average Bonchev–Trinajstić information content (AvgIpc) is 3.24. The fourth-order valence-corrected chi connectivity index (χ4v) is 4.23. The maximum Gasteiger partial charge on any atom is 0.335 e. The van der Waals surface area contributed by atoms with Crippen LogP contribution in [0, 0.1) is 12.8 Å². The number of anilines is 1. The number of aryl methyl sites for hydroxylation is 1. The molecule has 9 nitrogen and oxygen atoms in total. The van der Waals surface area contributed by atoms with Gasteiger partial charge in [-0.2, -0.15) is 0 Å². The number of hydrogen-bond acceptors (Lipinski definition) is 6. The van der Waals surface area contributed by atoms with Crippen LogP contribution in [0.1, 0.15) is 58.9 Å². The Kier molecular flexibility index (Phi) is 8.64. The molecule has 3 rings (SSSR count). The van der Waals surface area contributed by atoms with Gasteiger partial charge < -0.3 is 20.3 Å². The van der Waals surface area contributed by atoms with Crippen molar-refractivity contribution in [2.45, 2.75) is 45.4 Å². The van der Waals surface area contributed by atoms with E-state index in [1.54, 1.807) is 24.3 Å². The minimum absolute atomic E-state index is 0.0637. The summed E-state index contributed by atoms with van der Waals surface area (Å²) in [6, 6.07) is 13.0. The van der Waals surface area contributed by atoms with Gasteiger partial charge in [0.15, 0.2) is 11.0 Å². The van der Waals surface area contributed by atoms with Crippen molar-refractivity contribution in [1.29, 1.82) is 0 Å². The Labute approximate surface area is 208 Å². The molecule has 3 aromatic rings. The number of benzene rings is 2. The van der Waals surface area contributed by atoms with Crippen molar-refractivity contribution in [3.8, 4) is 0 Å². The molecule has 10 heteroatoms. The van der Waals surface area contributed by atoms with E-state index in [0.29, 0.717) is 28.8 Å². The molecule has 0 aliphatic carbocycles. The predicted molar refractivity (Wildman–Crippen MR) is 135 cm³/mol. The highest BCUT2D eigenvalue weighted by molar-refractivity contribution is 7.99. The Morgan fingerprint density at radius 1 is 1.00 bits per heavy atom. The molecule has 0 bridgehead atoms. The molecular weight excluding hydrogens is 466 g/mol. The zero-order chi connectivity index (χ0) is 25.5. The zero-order valence-electron chi connectivity index (χ0n) is 20.1. The maximum atomic E-state index is 12.8. The number of amides is 2. The van der Waals surface area contributed by atoms with Gasteiger partial charge in [-0.05, 0) is 56.2 Å². The summed E-state index contributed by atoms with van der Waals surface area (Å²) >= 11 is 1.24. The second-order valence-electron chi connectivity index (χ2n) is 8.37. The number of thioether (sulfide) groups is 1. The molecule has 0 unspecified atom stereocenters. The summed E-state index contributed by atoms with van der Waals surface area (Å²) in [6.07, 6.45) is 0. The van der Waals surface area contributed by atoms with Crippen LogP contribution >= 0.6 is 11.8 Å². The molecule has 0 radical (unpaired) electrons. The van der Waals surface area contributed by atoms with Crippen LogP contribution in [0.3, 0.4) is 0 Å². The number of aromatic nitrogens is 3. The van der Waals surface area contributed by atoms with E-state index in [9.17, 15) is 14.4 Å². The third-order valence-electron chi connectivity index (χ3n) is 5.35. The highest BCUT2D eigenvalue weighted by Crippen LogP contribution is 2.26. The molecule has 184 valence electrons. The highest BCUT2D eigenvalue weighted by Gasteiger charge is 2.26. The summed E-state index contributed by atoms with van der Waals surface area (Å²) in [5.74, 6) is -0.664. The summed E-state index contributed by atoms with van der Waals surface area (Å²) in [5, 5.41) is 24.0. The Balaban J connectivity index is 1.68. The average molecular weight is 496 g/mol. The van der Waals surface area contributed by atoms with Crippen molar-refractivity contribution < 1.29 is 19.5 Å². The number of carboxylic acid groups (broad SMARTS) is 1. The monoisotopic (exact) mass is 495 g/mol. The van der Waals surface area contributed by atoms with Crippen LogP contribution in [0.25, 0.3) is 0 Å². The van der Waals surface area contributed by atoms with Gasteiger partial charge >= 0.3 is 5.97 Å².